The molecule has 4 rings (SSSR count). The second-order valence-corrected chi connectivity index (χ2v) is 8.55. The summed E-state index contributed by atoms with van der Waals surface area (Å²) in [5, 5.41) is 3.90. The molecular formula is C20H21N3O3S. The lowest BCUT2D eigenvalue weighted by molar-refractivity contribution is -0.122. The molecule has 2 aromatic carbocycles. The summed E-state index contributed by atoms with van der Waals surface area (Å²) in [6.45, 7) is 0. The SMILES string of the molecule is O=C(NC1CC1)[C@@H](Cc1c[nH]c2ccccc12)NS(=O)(=O)c1ccccc1. The number of rotatable bonds is 7. The molecule has 0 unspecified atom stereocenters. The molecule has 1 aliphatic rings. The van der Waals surface area contributed by atoms with E-state index in [4.69, 9.17) is 0 Å². The van der Waals surface area contributed by atoms with E-state index in [1.54, 1.807) is 18.2 Å². The molecule has 1 amide bonds. The third kappa shape index (κ3) is 4.04. The van der Waals surface area contributed by atoms with Crippen LogP contribution in [0.25, 0.3) is 10.9 Å². The van der Waals surface area contributed by atoms with E-state index in [0.29, 0.717) is 0 Å². The minimum Gasteiger partial charge on any atom is -0.361 e. The van der Waals surface area contributed by atoms with Gasteiger partial charge in [-0.3, -0.25) is 4.79 Å². The summed E-state index contributed by atoms with van der Waals surface area (Å²) in [5.74, 6) is -0.290. The third-order valence-electron chi connectivity index (χ3n) is 4.69. The van der Waals surface area contributed by atoms with Gasteiger partial charge >= 0.3 is 0 Å². The van der Waals surface area contributed by atoms with Crippen molar-refractivity contribution in [3.05, 3.63) is 66.4 Å². The number of aromatic nitrogens is 1. The van der Waals surface area contributed by atoms with Crippen LogP contribution >= 0.6 is 0 Å². The molecule has 0 spiro atoms. The third-order valence-corrected chi connectivity index (χ3v) is 6.18. The van der Waals surface area contributed by atoms with Gasteiger partial charge in [0.25, 0.3) is 0 Å². The minimum absolute atomic E-state index is 0.146. The molecule has 7 heteroatoms. The second-order valence-electron chi connectivity index (χ2n) is 6.83. The Kier molecular flexibility index (Phi) is 4.72. The number of carbonyl (C=O) groups excluding carboxylic acids is 1. The van der Waals surface area contributed by atoms with Crippen molar-refractivity contribution in [1.82, 2.24) is 15.0 Å². The van der Waals surface area contributed by atoms with Gasteiger partial charge in [-0.1, -0.05) is 36.4 Å². The molecule has 0 radical (unpaired) electrons. The van der Waals surface area contributed by atoms with Crippen molar-refractivity contribution in [2.45, 2.75) is 36.2 Å². The van der Waals surface area contributed by atoms with Crippen LogP contribution in [-0.2, 0) is 21.2 Å². The largest absolute Gasteiger partial charge is 0.361 e. The number of sulfonamides is 1. The first-order valence-corrected chi connectivity index (χ1v) is 10.4. The van der Waals surface area contributed by atoms with Gasteiger partial charge in [0.15, 0.2) is 0 Å². The van der Waals surface area contributed by atoms with E-state index in [1.807, 2.05) is 30.5 Å². The van der Waals surface area contributed by atoms with Crippen LogP contribution in [0.1, 0.15) is 18.4 Å². The fourth-order valence-corrected chi connectivity index (χ4v) is 4.31. The number of aromatic amines is 1. The van der Waals surface area contributed by atoms with Gasteiger partial charge in [0, 0.05) is 23.1 Å². The van der Waals surface area contributed by atoms with Gasteiger partial charge < -0.3 is 10.3 Å². The predicted octanol–water partition coefficient (Wildman–Crippen LogP) is 2.34. The Balaban J connectivity index is 1.61. The quantitative estimate of drug-likeness (QED) is 0.585. The molecule has 1 aliphatic carbocycles. The molecule has 140 valence electrons. The zero-order chi connectivity index (χ0) is 18.9. The van der Waals surface area contributed by atoms with Gasteiger partial charge in [0.05, 0.1) is 4.90 Å². The zero-order valence-electron chi connectivity index (χ0n) is 14.7. The molecule has 27 heavy (non-hydrogen) atoms. The lowest BCUT2D eigenvalue weighted by Crippen LogP contribution is -2.48. The highest BCUT2D eigenvalue weighted by atomic mass is 32.2. The highest BCUT2D eigenvalue weighted by Gasteiger charge is 2.31. The van der Waals surface area contributed by atoms with Crippen molar-refractivity contribution < 1.29 is 13.2 Å². The molecule has 0 aliphatic heterocycles. The first-order chi connectivity index (χ1) is 13.0. The van der Waals surface area contributed by atoms with Crippen molar-refractivity contribution >= 4 is 26.8 Å². The van der Waals surface area contributed by atoms with Gasteiger partial charge in [-0.25, -0.2) is 8.42 Å². The summed E-state index contributed by atoms with van der Waals surface area (Å²) in [7, 11) is -3.80. The molecule has 1 aromatic heterocycles. The molecule has 1 atom stereocenters. The van der Waals surface area contributed by atoms with E-state index in [9.17, 15) is 13.2 Å². The van der Waals surface area contributed by atoms with Crippen molar-refractivity contribution in [3.63, 3.8) is 0 Å². The molecule has 1 saturated carbocycles. The smallest absolute Gasteiger partial charge is 0.241 e. The summed E-state index contributed by atoms with van der Waals surface area (Å²) in [5.41, 5.74) is 1.86. The van der Waals surface area contributed by atoms with Crippen LogP contribution in [0, 0.1) is 0 Å². The number of hydrogen-bond donors (Lipinski definition) is 3. The monoisotopic (exact) mass is 383 g/mol. The van der Waals surface area contributed by atoms with Gasteiger partial charge in [0.1, 0.15) is 6.04 Å². The Bertz CT molecular complexity index is 1060. The molecule has 0 saturated heterocycles. The maximum absolute atomic E-state index is 12.7. The van der Waals surface area contributed by atoms with Crippen LogP contribution in [0.2, 0.25) is 0 Å². The number of nitrogens with one attached hydrogen (secondary N) is 3. The molecule has 1 heterocycles. The van der Waals surface area contributed by atoms with Crippen LogP contribution in [-0.4, -0.2) is 31.4 Å². The van der Waals surface area contributed by atoms with Gasteiger partial charge in [0.2, 0.25) is 15.9 Å². The van der Waals surface area contributed by atoms with Crippen molar-refractivity contribution in [2.24, 2.45) is 0 Å². The lowest BCUT2D eigenvalue weighted by Gasteiger charge is -2.18. The van der Waals surface area contributed by atoms with Gasteiger partial charge in [-0.2, -0.15) is 4.72 Å². The molecule has 3 N–H and O–H groups in total. The van der Waals surface area contributed by atoms with E-state index in [1.165, 1.54) is 12.1 Å². The van der Waals surface area contributed by atoms with E-state index >= 15 is 0 Å². The van der Waals surface area contributed by atoms with Crippen LogP contribution in [0.15, 0.2) is 65.7 Å². The molecule has 6 nitrogen and oxygen atoms in total. The topological polar surface area (TPSA) is 91.1 Å². The Labute approximate surface area is 158 Å². The highest BCUT2D eigenvalue weighted by molar-refractivity contribution is 7.89. The van der Waals surface area contributed by atoms with E-state index < -0.39 is 16.1 Å². The van der Waals surface area contributed by atoms with Gasteiger partial charge in [-0.05, 0) is 43.0 Å². The zero-order valence-corrected chi connectivity index (χ0v) is 15.5. The Morgan fingerprint density at radius 1 is 1.07 bits per heavy atom. The average molecular weight is 383 g/mol. The maximum atomic E-state index is 12.7. The molecular weight excluding hydrogens is 362 g/mol. The number of fused-ring (bicyclic) bond motifs is 1. The summed E-state index contributed by atoms with van der Waals surface area (Å²) < 4.78 is 28.1. The van der Waals surface area contributed by atoms with Crippen molar-refractivity contribution in [2.75, 3.05) is 0 Å². The second kappa shape index (κ2) is 7.17. The Hall–Kier alpha value is -2.64. The fourth-order valence-electron chi connectivity index (χ4n) is 3.09. The maximum Gasteiger partial charge on any atom is 0.241 e. The Morgan fingerprint density at radius 2 is 1.78 bits per heavy atom. The Morgan fingerprint density at radius 3 is 2.52 bits per heavy atom. The number of para-hydroxylation sites is 1. The summed E-state index contributed by atoms with van der Waals surface area (Å²) in [6.07, 6.45) is 3.99. The van der Waals surface area contributed by atoms with Crippen molar-refractivity contribution in [3.8, 4) is 0 Å². The van der Waals surface area contributed by atoms with Crippen LogP contribution < -0.4 is 10.0 Å². The summed E-state index contributed by atoms with van der Waals surface area (Å²) in [4.78, 5) is 16.0. The summed E-state index contributed by atoms with van der Waals surface area (Å²) >= 11 is 0. The average Bonchev–Trinajstić information content (AvgIpc) is 3.40. The molecule has 3 aromatic rings. The fraction of sp³-hybridized carbons (Fsp3) is 0.250. The lowest BCUT2D eigenvalue weighted by atomic mass is 10.1. The highest BCUT2D eigenvalue weighted by Crippen LogP contribution is 2.22. The minimum atomic E-state index is -3.80. The molecule has 0 bridgehead atoms. The summed E-state index contributed by atoms with van der Waals surface area (Å²) in [6, 6.07) is 15.1. The van der Waals surface area contributed by atoms with E-state index in [0.717, 1.165) is 29.3 Å². The van der Waals surface area contributed by atoms with Crippen LogP contribution in [0.4, 0.5) is 0 Å². The number of H-pyrrole nitrogens is 1. The standard InChI is InChI=1S/C20H21N3O3S/c24-20(22-15-10-11-15)19(23-27(25,26)16-6-2-1-3-7-16)12-14-13-21-18-9-5-4-8-17(14)18/h1-9,13,15,19,21,23H,10-12H2,(H,22,24)/t19-/m1/s1. The normalized spacial score (nSPS) is 15.6. The number of carbonyl (C=O) groups is 1. The first kappa shape index (κ1) is 17.8. The molecule has 1 fully saturated rings. The van der Waals surface area contributed by atoms with E-state index in [2.05, 4.69) is 15.0 Å². The van der Waals surface area contributed by atoms with Crippen molar-refractivity contribution in [1.29, 1.82) is 0 Å². The number of amides is 1. The number of hydrogen-bond acceptors (Lipinski definition) is 3. The van der Waals surface area contributed by atoms with Gasteiger partial charge in [-0.15, -0.1) is 0 Å². The van der Waals surface area contributed by atoms with Crippen LogP contribution in [0.5, 0.6) is 0 Å². The van der Waals surface area contributed by atoms with E-state index in [-0.39, 0.29) is 23.3 Å². The predicted molar refractivity (Wildman–Crippen MR) is 104 cm³/mol. The first-order valence-electron chi connectivity index (χ1n) is 8.96. The number of benzene rings is 2. The van der Waals surface area contributed by atoms with Crippen LogP contribution in [0.3, 0.4) is 0 Å².